The van der Waals surface area contributed by atoms with Gasteiger partial charge in [-0.2, -0.15) is 0 Å². The minimum Gasteiger partial charge on any atom is -0.370 e. The number of aliphatic imine (C=N–C) groups is 1. The van der Waals surface area contributed by atoms with Gasteiger partial charge >= 0.3 is 0 Å². The van der Waals surface area contributed by atoms with E-state index in [1.54, 1.807) is 0 Å². The van der Waals surface area contributed by atoms with Gasteiger partial charge in [-0.15, -0.1) is 0 Å². The second kappa shape index (κ2) is 5.80. The van der Waals surface area contributed by atoms with E-state index in [4.69, 9.17) is 11.5 Å². The molecule has 1 saturated heterocycles. The van der Waals surface area contributed by atoms with Crippen LogP contribution >= 0.6 is 0 Å². The molecule has 0 amide bonds. The van der Waals surface area contributed by atoms with E-state index in [0.29, 0.717) is 0 Å². The van der Waals surface area contributed by atoms with Crippen molar-refractivity contribution in [1.29, 1.82) is 0 Å². The van der Waals surface area contributed by atoms with Crippen LogP contribution in [0.2, 0.25) is 0 Å². The lowest BCUT2D eigenvalue weighted by molar-refractivity contribution is 0.509. The Hall–Kier alpha value is -0.770. The number of nitrogens with zero attached hydrogens (tertiary/aromatic N) is 2. The highest BCUT2D eigenvalue weighted by Gasteiger charge is 2.12. The van der Waals surface area contributed by atoms with Crippen LogP contribution in [0.15, 0.2) is 4.99 Å². The first kappa shape index (κ1) is 10.3. The Labute approximate surface area is 80.0 Å². The van der Waals surface area contributed by atoms with Crippen LogP contribution in [0.4, 0.5) is 0 Å². The fourth-order valence-electron chi connectivity index (χ4n) is 1.50. The quantitative estimate of drug-likeness (QED) is 0.371. The van der Waals surface area contributed by atoms with E-state index >= 15 is 0 Å². The molecular formula is C9H20N4. The molecule has 1 aliphatic rings. The molecule has 76 valence electrons. The molecule has 0 aromatic rings. The normalized spacial score (nSPS) is 18.2. The van der Waals surface area contributed by atoms with Gasteiger partial charge in [0.05, 0.1) is 0 Å². The van der Waals surface area contributed by atoms with Crippen molar-refractivity contribution in [1.82, 2.24) is 4.90 Å². The molecule has 0 bridgehead atoms. The van der Waals surface area contributed by atoms with Crippen LogP contribution in [0.5, 0.6) is 0 Å². The van der Waals surface area contributed by atoms with Gasteiger partial charge in [-0.1, -0.05) is 0 Å². The molecule has 0 saturated carbocycles. The molecule has 1 rings (SSSR count). The number of unbranched alkanes of at least 4 members (excludes halogenated alkanes) is 1. The number of rotatable bonds is 4. The van der Waals surface area contributed by atoms with Crippen molar-refractivity contribution in [3.05, 3.63) is 0 Å². The van der Waals surface area contributed by atoms with E-state index in [2.05, 4.69) is 9.89 Å². The van der Waals surface area contributed by atoms with Gasteiger partial charge in [-0.3, -0.25) is 4.99 Å². The van der Waals surface area contributed by atoms with E-state index < -0.39 is 0 Å². The third-order valence-electron chi connectivity index (χ3n) is 2.32. The van der Waals surface area contributed by atoms with Gasteiger partial charge in [0.2, 0.25) is 0 Å². The van der Waals surface area contributed by atoms with Crippen molar-refractivity contribution in [2.24, 2.45) is 16.5 Å². The lowest BCUT2D eigenvalue weighted by Crippen LogP contribution is -2.34. The highest BCUT2D eigenvalue weighted by atomic mass is 15.3. The average Bonchev–Trinajstić information content (AvgIpc) is 2.65. The molecule has 1 aliphatic heterocycles. The summed E-state index contributed by atoms with van der Waals surface area (Å²) in [4.78, 5) is 6.46. The van der Waals surface area contributed by atoms with Crippen molar-refractivity contribution in [2.75, 3.05) is 26.2 Å². The summed E-state index contributed by atoms with van der Waals surface area (Å²) in [5.41, 5.74) is 11.2. The van der Waals surface area contributed by atoms with Crippen LogP contribution in [0.3, 0.4) is 0 Å². The highest BCUT2D eigenvalue weighted by molar-refractivity contribution is 5.78. The fraction of sp³-hybridized carbons (Fsp3) is 0.889. The molecule has 4 heteroatoms. The minimum atomic E-state index is 0.717. The van der Waals surface area contributed by atoms with Crippen LogP contribution in [0.1, 0.15) is 25.7 Å². The molecule has 0 radical (unpaired) electrons. The van der Waals surface area contributed by atoms with Gasteiger partial charge in [-0.05, 0) is 32.2 Å². The fourth-order valence-corrected chi connectivity index (χ4v) is 1.50. The Bertz CT molecular complexity index is 161. The van der Waals surface area contributed by atoms with E-state index in [1.165, 1.54) is 12.8 Å². The molecule has 0 aromatic carbocycles. The Morgan fingerprint density at radius 1 is 1.23 bits per heavy atom. The van der Waals surface area contributed by atoms with Gasteiger partial charge in [0.15, 0.2) is 5.96 Å². The molecule has 0 aromatic heterocycles. The Morgan fingerprint density at radius 3 is 2.54 bits per heavy atom. The van der Waals surface area contributed by atoms with E-state index in [1.807, 2.05) is 0 Å². The molecule has 0 atom stereocenters. The van der Waals surface area contributed by atoms with Crippen molar-refractivity contribution in [3.63, 3.8) is 0 Å². The van der Waals surface area contributed by atoms with Gasteiger partial charge < -0.3 is 16.4 Å². The monoisotopic (exact) mass is 184 g/mol. The SMILES string of the molecule is NCCCCN=C(N)N1CCCC1. The third-order valence-corrected chi connectivity index (χ3v) is 2.32. The minimum absolute atomic E-state index is 0.717. The summed E-state index contributed by atoms with van der Waals surface area (Å²) in [7, 11) is 0. The average molecular weight is 184 g/mol. The van der Waals surface area contributed by atoms with Gasteiger partial charge in [0.25, 0.3) is 0 Å². The van der Waals surface area contributed by atoms with Crippen LogP contribution in [0.25, 0.3) is 0 Å². The Morgan fingerprint density at radius 2 is 1.92 bits per heavy atom. The Kier molecular flexibility index (Phi) is 4.60. The molecule has 0 spiro atoms. The first-order chi connectivity index (χ1) is 6.34. The predicted molar refractivity (Wildman–Crippen MR) is 55.6 cm³/mol. The number of hydrogen-bond acceptors (Lipinski definition) is 2. The molecule has 4 nitrogen and oxygen atoms in total. The van der Waals surface area contributed by atoms with E-state index in [9.17, 15) is 0 Å². The first-order valence-corrected chi connectivity index (χ1v) is 5.09. The third kappa shape index (κ3) is 3.63. The standard InChI is InChI=1S/C9H20N4/c10-5-1-2-6-12-9(11)13-7-3-4-8-13/h1-8,10H2,(H2,11,12). The molecule has 0 aliphatic carbocycles. The summed E-state index contributed by atoms with van der Waals surface area (Å²) in [6.07, 6.45) is 4.58. The van der Waals surface area contributed by atoms with Gasteiger partial charge in [0, 0.05) is 19.6 Å². The maximum atomic E-state index is 5.81. The predicted octanol–water partition coefficient (Wildman–Crippen LogP) is 0.136. The molecule has 1 fully saturated rings. The summed E-state index contributed by atoms with van der Waals surface area (Å²) in [5.74, 6) is 0.717. The summed E-state index contributed by atoms with van der Waals surface area (Å²) in [6.45, 7) is 3.72. The molecule has 4 N–H and O–H groups in total. The molecular weight excluding hydrogens is 164 g/mol. The van der Waals surface area contributed by atoms with Crippen LogP contribution in [0, 0.1) is 0 Å². The zero-order valence-electron chi connectivity index (χ0n) is 8.21. The summed E-state index contributed by atoms with van der Waals surface area (Å²) < 4.78 is 0. The van der Waals surface area contributed by atoms with Crippen molar-refractivity contribution < 1.29 is 0 Å². The number of nitrogens with two attached hydrogens (primary N) is 2. The number of hydrogen-bond donors (Lipinski definition) is 2. The second-order valence-corrected chi connectivity index (χ2v) is 3.43. The first-order valence-electron chi connectivity index (χ1n) is 5.09. The zero-order valence-corrected chi connectivity index (χ0v) is 8.21. The maximum Gasteiger partial charge on any atom is 0.191 e. The van der Waals surface area contributed by atoms with Crippen molar-refractivity contribution >= 4 is 5.96 Å². The van der Waals surface area contributed by atoms with E-state index in [-0.39, 0.29) is 0 Å². The van der Waals surface area contributed by atoms with Gasteiger partial charge in [0.1, 0.15) is 0 Å². The highest BCUT2D eigenvalue weighted by Crippen LogP contribution is 2.06. The lowest BCUT2D eigenvalue weighted by atomic mass is 10.3. The Balaban J connectivity index is 2.16. The largest absolute Gasteiger partial charge is 0.370 e. The lowest BCUT2D eigenvalue weighted by Gasteiger charge is -2.15. The van der Waals surface area contributed by atoms with Crippen molar-refractivity contribution in [3.8, 4) is 0 Å². The molecule has 0 unspecified atom stereocenters. The van der Waals surface area contributed by atoms with Gasteiger partial charge in [-0.25, -0.2) is 0 Å². The zero-order chi connectivity index (χ0) is 9.52. The maximum absolute atomic E-state index is 5.81. The molecule has 1 heterocycles. The van der Waals surface area contributed by atoms with Crippen LogP contribution < -0.4 is 11.5 Å². The number of guanidine groups is 1. The summed E-state index contributed by atoms with van der Waals surface area (Å²) >= 11 is 0. The summed E-state index contributed by atoms with van der Waals surface area (Å²) in [6, 6.07) is 0. The molecule has 13 heavy (non-hydrogen) atoms. The van der Waals surface area contributed by atoms with Crippen molar-refractivity contribution in [2.45, 2.75) is 25.7 Å². The summed E-state index contributed by atoms with van der Waals surface area (Å²) in [5, 5.41) is 0. The van der Waals surface area contributed by atoms with Crippen LogP contribution in [-0.4, -0.2) is 37.0 Å². The second-order valence-electron chi connectivity index (χ2n) is 3.43. The smallest absolute Gasteiger partial charge is 0.191 e. The van der Waals surface area contributed by atoms with Crippen LogP contribution in [-0.2, 0) is 0 Å². The number of likely N-dealkylation sites (tertiary alicyclic amines) is 1. The van der Waals surface area contributed by atoms with E-state index in [0.717, 1.165) is 45.0 Å². The topological polar surface area (TPSA) is 67.6 Å².